The molecule has 166 valence electrons. The molecule has 0 radical (unpaired) electrons. The van der Waals surface area contributed by atoms with Crippen molar-refractivity contribution in [2.45, 2.75) is 19.9 Å². The Bertz CT molecular complexity index is 1400. The van der Waals surface area contributed by atoms with Crippen molar-refractivity contribution < 1.29 is 23.8 Å². The van der Waals surface area contributed by atoms with Crippen LogP contribution in [0.2, 0.25) is 0 Å². The summed E-state index contributed by atoms with van der Waals surface area (Å²) in [5, 5.41) is 11.0. The summed E-state index contributed by atoms with van der Waals surface area (Å²) in [6, 6.07) is 17.7. The molecule has 5 rings (SSSR count). The number of hydrogen-bond acceptors (Lipinski definition) is 7. The number of amides is 1. The monoisotopic (exact) mass is 460 g/mol. The highest BCUT2D eigenvalue weighted by Crippen LogP contribution is 2.44. The number of aromatic nitrogens is 1. The van der Waals surface area contributed by atoms with Gasteiger partial charge in [-0.05, 0) is 43.7 Å². The number of aliphatic hydroxyl groups excluding tert-OH is 1. The van der Waals surface area contributed by atoms with Crippen LogP contribution in [-0.4, -0.2) is 28.6 Å². The number of furan rings is 1. The van der Waals surface area contributed by atoms with Crippen molar-refractivity contribution >= 4 is 38.6 Å². The van der Waals surface area contributed by atoms with Gasteiger partial charge in [-0.3, -0.25) is 9.69 Å². The van der Waals surface area contributed by atoms with Gasteiger partial charge in [0.05, 0.1) is 16.8 Å². The Balaban J connectivity index is 1.64. The predicted molar refractivity (Wildman–Crippen MR) is 125 cm³/mol. The quantitative estimate of drug-likeness (QED) is 0.405. The number of nitrogens with zero attached hydrogens (tertiary/aromatic N) is 2. The first kappa shape index (κ1) is 21.0. The third-order valence-electron chi connectivity index (χ3n) is 5.40. The highest BCUT2D eigenvalue weighted by molar-refractivity contribution is 7.22. The number of carbonyl (C=O) groups is 2. The molecular weight excluding hydrogens is 440 g/mol. The summed E-state index contributed by atoms with van der Waals surface area (Å²) in [7, 11) is 0. The first-order chi connectivity index (χ1) is 16.0. The molecule has 4 aromatic rings. The fourth-order valence-corrected chi connectivity index (χ4v) is 4.96. The third kappa shape index (κ3) is 3.58. The minimum Gasteiger partial charge on any atom is -0.503 e. The van der Waals surface area contributed by atoms with Gasteiger partial charge in [0.2, 0.25) is 0 Å². The summed E-state index contributed by atoms with van der Waals surface area (Å²) < 4.78 is 12.1. The number of fused-ring (bicyclic) bond motifs is 1. The van der Waals surface area contributed by atoms with Crippen molar-refractivity contribution in [3.8, 4) is 11.3 Å². The summed E-state index contributed by atoms with van der Waals surface area (Å²) in [5.41, 5.74) is 2.47. The number of aliphatic hydroxyl groups is 1. The number of esters is 1. The lowest BCUT2D eigenvalue weighted by Gasteiger charge is -2.22. The first-order valence-corrected chi connectivity index (χ1v) is 11.3. The van der Waals surface area contributed by atoms with Crippen LogP contribution in [0.3, 0.4) is 0 Å². The lowest BCUT2D eigenvalue weighted by Crippen LogP contribution is -2.30. The lowest BCUT2D eigenvalue weighted by molar-refractivity contribution is -0.139. The van der Waals surface area contributed by atoms with Gasteiger partial charge in [-0.2, -0.15) is 0 Å². The zero-order valence-electron chi connectivity index (χ0n) is 17.9. The summed E-state index contributed by atoms with van der Waals surface area (Å²) in [5.74, 6) is -1.26. The van der Waals surface area contributed by atoms with Crippen LogP contribution in [0.15, 0.2) is 76.4 Å². The average molecular weight is 461 g/mol. The first-order valence-electron chi connectivity index (χ1n) is 10.4. The van der Waals surface area contributed by atoms with E-state index in [1.807, 2.05) is 55.5 Å². The van der Waals surface area contributed by atoms with Crippen LogP contribution >= 0.6 is 11.3 Å². The van der Waals surface area contributed by atoms with Crippen molar-refractivity contribution in [3.05, 3.63) is 83.3 Å². The SMILES string of the molecule is CCOC(=O)C1=C(O)C(=O)N(c2nc3ccc(C)cc3s2)C1c1ccc(-c2ccccc2)o1. The zero-order valence-corrected chi connectivity index (χ0v) is 18.8. The molecule has 1 atom stereocenters. The van der Waals surface area contributed by atoms with Crippen LogP contribution < -0.4 is 4.90 Å². The highest BCUT2D eigenvalue weighted by atomic mass is 32.1. The molecule has 0 bridgehead atoms. The van der Waals surface area contributed by atoms with Crippen molar-refractivity contribution in [1.82, 2.24) is 4.98 Å². The summed E-state index contributed by atoms with van der Waals surface area (Å²) in [4.78, 5) is 31.8. The van der Waals surface area contributed by atoms with Gasteiger partial charge in [0.15, 0.2) is 10.9 Å². The Morgan fingerprint density at radius 1 is 1.18 bits per heavy atom. The molecule has 1 unspecified atom stereocenters. The largest absolute Gasteiger partial charge is 0.503 e. The van der Waals surface area contributed by atoms with E-state index >= 15 is 0 Å². The highest BCUT2D eigenvalue weighted by Gasteiger charge is 2.48. The molecule has 33 heavy (non-hydrogen) atoms. The number of thiazole rings is 1. The van der Waals surface area contributed by atoms with E-state index in [0.717, 1.165) is 21.3 Å². The number of ether oxygens (including phenoxy) is 1. The van der Waals surface area contributed by atoms with E-state index in [2.05, 4.69) is 4.98 Å². The Labute approximate surface area is 193 Å². The molecule has 8 heteroatoms. The molecule has 1 aliphatic heterocycles. The Morgan fingerprint density at radius 2 is 1.97 bits per heavy atom. The number of aryl methyl sites for hydroxylation is 1. The molecule has 1 aliphatic rings. The van der Waals surface area contributed by atoms with Crippen LogP contribution in [-0.2, 0) is 14.3 Å². The molecule has 3 heterocycles. The van der Waals surface area contributed by atoms with Gasteiger partial charge < -0.3 is 14.3 Å². The van der Waals surface area contributed by atoms with Crippen LogP contribution in [0.5, 0.6) is 0 Å². The van der Waals surface area contributed by atoms with Gasteiger partial charge in [0, 0.05) is 5.56 Å². The number of carbonyl (C=O) groups excluding carboxylic acids is 2. The second kappa shape index (κ2) is 8.22. The minimum atomic E-state index is -1.00. The van der Waals surface area contributed by atoms with E-state index in [1.165, 1.54) is 16.2 Å². The molecule has 0 fully saturated rings. The van der Waals surface area contributed by atoms with Crippen molar-refractivity contribution in [2.24, 2.45) is 0 Å². The molecule has 1 N–H and O–H groups in total. The van der Waals surface area contributed by atoms with E-state index in [9.17, 15) is 14.7 Å². The van der Waals surface area contributed by atoms with E-state index in [4.69, 9.17) is 9.15 Å². The van der Waals surface area contributed by atoms with E-state index in [0.29, 0.717) is 16.7 Å². The molecular formula is C25H20N2O5S. The van der Waals surface area contributed by atoms with Gasteiger partial charge in [0.25, 0.3) is 5.91 Å². The molecule has 0 saturated heterocycles. The van der Waals surface area contributed by atoms with Gasteiger partial charge in [-0.25, -0.2) is 9.78 Å². The normalized spacial score (nSPS) is 16.1. The van der Waals surface area contributed by atoms with Crippen molar-refractivity contribution in [3.63, 3.8) is 0 Å². The second-order valence-electron chi connectivity index (χ2n) is 7.60. The number of anilines is 1. The number of rotatable bonds is 5. The molecule has 0 spiro atoms. The average Bonchev–Trinajstić information content (AvgIpc) is 3.51. The van der Waals surface area contributed by atoms with Crippen molar-refractivity contribution in [2.75, 3.05) is 11.5 Å². The molecule has 0 aliphatic carbocycles. The Kier molecular flexibility index (Phi) is 5.22. The molecule has 1 amide bonds. The molecule has 0 saturated carbocycles. The fraction of sp³-hybridized carbons (Fsp3) is 0.160. The topological polar surface area (TPSA) is 92.9 Å². The standard InChI is InChI=1S/C25H20N2O5S/c1-3-31-24(30)20-21(18-12-11-17(32-18)15-7-5-4-6-8-15)27(23(29)22(20)28)25-26-16-10-9-14(2)13-19(16)33-25/h4-13,21,28H,3H2,1-2H3. The molecule has 2 aromatic carbocycles. The lowest BCUT2D eigenvalue weighted by atomic mass is 10.1. The van der Waals surface area contributed by atoms with Gasteiger partial charge in [-0.15, -0.1) is 0 Å². The molecule has 7 nitrogen and oxygen atoms in total. The summed E-state index contributed by atoms with van der Waals surface area (Å²) >= 11 is 1.31. The van der Waals surface area contributed by atoms with Gasteiger partial charge in [-0.1, -0.05) is 47.7 Å². The molecule has 2 aromatic heterocycles. The smallest absolute Gasteiger partial charge is 0.340 e. The Hall–Kier alpha value is -3.91. The third-order valence-corrected chi connectivity index (χ3v) is 6.41. The van der Waals surface area contributed by atoms with Crippen LogP contribution in [0.1, 0.15) is 24.3 Å². The minimum absolute atomic E-state index is 0.102. The van der Waals surface area contributed by atoms with E-state index in [1.54, 1.807) is 19.1 Å². The maximum Gasteiger partial charge on any atom is 0.340 e. The van der Waals surface area contributed by atoms with Crippen LogP contribution in [0.4, 0.5) is 5.13 Å². The Morgan fingerprint density at radius 3 is 2.73 bits per heavy atom. The second-order valence-corrected chi connectivity index (χ2v) is 8.61. The predicted octanol–water partition coefficient (Wildman–Crippen LogP) is 5.33. The van der Waals surface area contributed by atoms with Gasteiger partial charge in [0.1, 0.15) is 23.1 Å². The zero-order chi connectivity index (χ0) is 23.1. The van der Waals surface area contributed by atoms with Crippen LogP contribution in [0, 0.1) is 6.92 Å². The number of benzene rings is 2. The van der Waals surface area contributed by atoms with Crippen LogP contribution in [0.25, 0.3) is 21.5 Å². The summed E-state index contributed by atoms with van der Waals surface area (Å²) in [6.45, 7) is 3.74. The number of hydrogen-bond donors (Lipinski definition) is 1. The maximum absolute atomic E-state index is 13.2. The van der Waals surface area contributed by atoms with Crippen molar-refractivity contribution in [1.29, 1.82) is 0 Å². The van der Waals surface area contributed by atoms with E-state index < -0.39 is 23.7 Å². The van der Waals surface area contributed by atoms with Gasteiger partial charge >= 0.3 is 5.97 Å². The summed E-state index contributed by atoms with van der Waals surface area (Å²) in [6.07, 6.45) is 0. The maximum atomic E-state index is 13.2. The fourth-order valence-electron chi connectivity index (χ4n) is 3.87. The van der Waals surface area contributed by atoms with E-state index in [-0.39, 0.29) is 12.2 Å².